The predicted molar refractivity (Wildman–Crippen MR) is 207 cm³/mol. The fourth-order valence-electron chi connectivity index (χ4n) is 10.4. The summed E-state index contributed by atoms with van der Waals surface area (Å²) in [5.41, 5.74) is 8.76. The van der Waals surface area contributed by atoms with E-state index in [0.29, 0.717) is 30.8 Å². The van der Waals surface area contributed by atoms with Crippen LogP contribution in [0.4, 0.5) is 5.69 Å². The van der Waals surface area contributed by atoms with Gasteiger partial charge in [-0.3, -0.25) is 39.1 Å². The molecule has 0 radical (unpaired) electrons. The number of amides is 5. The van der Waals surface area contributed by atoms with Crippen LogP contribution in [0, 0.1) is 5.41 Å². The number of phenols is 1. The van der Waals surface area contributed by atoms with Gasteiger partial charge in [0.05, 0.1) is 17.7 Å². The quantitative estimate of drug-likeness (QED) is 0.223. The lowest BCUT2D eigenvalue weighted by atomic mass is 9.60. The molecule has 4 aromatic rings. The molecular formula is C45H43N5O6. The van der Waals surface area contributed by atoms with Gasteiger partial charge in [0.2, 0.25) is 17.7 Å². The van der Waals surface area contributed by atoms with Crippen LogP contribution in [0.1, 0.15) is 98.0 Å². The van der Waals surface area contributed by atoms with Crippen LogP contribution in [0.5, 0.6) is 5.75 Å². The Morgan fingerprint density at radius 1 is 0.786 bits per heavy atom. The van der Waals surface area contributed by atoms with Crippen LogP contribution < -0.4 is 10.6 Å². The number of benzene rings is 4. The molecule has 10 rings (SSSR count). The first kappa shape index (κ1) is 34.7. The maximum absolute atomic E-state index is 13.4. The Kier molecular flexibility index (Phi) is 8.14. The van der Waals surface area contributed by atoms with Crippen LogP contribution in [0.15, 0.2) is 84.9 Å². The van der Waals surface area contributed by atoms with Crippen molar-refractivity contribution in [1.29, 1.82) is 0 Å². The van der Waals surface area contributed by atoms with E-state index in [1.54, 1.807) is 12.1 Å². The molecule has 4 aliphatic heterocycles. The van der Waals surface area contributed by atoms with Crippen molar-refractivity contribution in [2.45, 2.75) is 75.5 Å². The Hall–Kier alpha value is -5.81. The molecule has 4 heterocycles. The average molecular weight is 750 g/mol. The summed E-state index contributed by atoms with van der Waals surface area (Å²) in [6, 6.07) is 28.3. The van der Waals surface area contributed by atoms with Gasteiger partial charge in [0.25, 0.3) is 11.8 Å². The van der Waals surface area contributed by atoms with E-state index >= 15 is 0 Å². The summed E-state index contributed by atoms with van der Waals surface area (Å²) < 4.78 is 0. The number of nitrogens with one attached hydrogen (secondary N) is 2. The van der Waals surface area contributed by atoms with Crippen LogP contribution in [-0.2, 0) is 33.9 Å². The minimum Gasteiger partial charge on any atom is -0.508 e. The Balaban J connectivity index is 0.724. The van der Waals surface area contributed by atoms with Gasteiger partial charge in [-0.2, -0.15) is 0 Å². The third-order valence-corrected chi connectivity index (χ3v) is 13.1. The molecule has 3 N–H and O–H groups in total. The van der Waals surface area contributed by atoms with Gasteiger partial charge >= 0.3 is 0 Å². The summed E-state index contributed by atoms with van der Waals surface area (Å²) in [5.74, 6) is -1.07. The Labute approximate surface area is 324 Å². The van der Waals surface area contributed by atoms with Crippen molar-refractivity contribution < 1.29 is 29.1 Å². The van der Waals surface area contributed by atoms with E-state index in [2.05, 4.69) is 71.3 Å². The molecule has 1 unspecified atom stereocenters. The number of phenolic OH excluding ortho intramolecular Hbond substituents is 1. The molecule has 2 aliphatic carbocycles. The molecular weight excluding hydrogens is 707 g/mol. The fourth-order valence-corrected chi connectivity index (χ4v) is 10.4. The van der Waals surface area contributed by atoms with Crippen LogP contribution >= 0.6 is 0 Å². The molecule has 56 heavy (non-hydrogen) atoms. The van der Waals surface area contributed by atoms with Crippen molar-refractivity contribution in [3.8, 4) is 5.75 Å². The van der Waals surface area contributed by atoms with Gasteiger partial charge in [0.1, 0.15) is 11.8 Å². The number of hydrogen-bond acceptors (Lipinski definition) is 8. The third kappa shape index (κ3) is 5.87. The Morgan fingerprint density at radius 3 is 2.16 bits per heavy atom. The Bertz CT molecular complexity index is 2270. The van der Waals surface area contributed by atoms with Gasteiger partial charge in [0.15, 0.2) is 0 Å². The summed E-state index contributed by atoms with van der Waals surface area (Å²) >= 11 is 0. The second-order valence-corrected chi connectivity index (χ2v) is 16.8. The lowest BCUT2D eigenvalue weighted by Gasteiger charge is -2.59. The summed E-state index contributed by atoms with van der Waals surface area (Å²) in [6.07, 6.45) is 4.22. The molecule has 1 saturated carbocycles. The highest BCUT2D eigenvalue weighted by atomic mass is 16.3. The third-order valence-electron chi connectivity index (χ3n) is 13.1. The van der Waals surface area contributed by atoms with Crippen LogP contribution in [-0.4, -0.2) is 81.1 Å². The highest BCUT2D eigenvalue weighted by molar-refractivity contribution is 6.23. The number of carbonyl (C=O) groups is 5. The maximum Gasteiger partial charge on any atom is 0.262 e. The molecule has 11 nitrogen and oxygen atoms in total. The monoisotopic (exact) mass is 749 g/mol. The molecule has 0 bridgehead atoms. The number of hydrogen-bond donors (Lipinski definition) is 3. The number of nitrogens with zero attached hydrogens (tertiary/aromatic N) is 3. The summed E-state index contributed by atoms with van der Waals surface area (Å²) in [7, 11) is 0. The molecule has 2 saturated heterocycles. The number of anilines is 1. The predicted octanol–water partition coefficient (Wildman–Crippen LogP) is 5.07. The standard InChI is InChI=1S/C45H43N5O6/c51-33-11-13-35-28(16-33)8-12-34(26-4-2-1-3-5-26)41(35)27-6-9-31(10-7-27)46-32-19-45(20-32)24-49(25-45)40(53)23-48-21-29-17-36-37(18-30(29)22-48)44(56)50(43(36)55)38-14-15-39(52)47-42(38)54/h1-7,9-11,13,16-18,32,34,38,41,46,51H,8,12,14-15,19-25H2,(H,47,52,54)/t34-,38?,41+/m1/s1. The van der Waals surface area contributed by atoms with Crippen molar-refractivity contribution in [2.75, 3.05) is 25.0 Å². The number of piperidine rings is 1. The lowest BCUT2D eigenvalue weighted by Crippen LogP contribution is -2.66. The van der Waals surface area contributed by atoms with Gasteiger partial charge < -0.3 is 15.3 Å². The van der Waals surface area contributed by atoms with Crippen LogP contribution in [0.3, 0.4) is 0 Å². The highest BCUT2D eigenvalue weighted by Gasteiger charge is 2.54. The minimum atomic E-state index is -0.991. The summed E-state index contributed by atoms with van der Waals surface area (Å²) in [4.78, 5) is 68.9. The van der Waals surface area contributed by atoms with Crippen molar-refractivity contribution in [3.05, 3.63) is 129 Å². The number of carbonyl (C=O) groups excluding carboxylic acids is 5. The molecule has 3 atom stereocenters. The van der Waals surface area contributed by atoms with Crippen molar-refractivity contribution >= 4 is 35.2 Å². The molecule has 4 aromatic carbocycles. The van der Waals surface area contributed by atoms with E-state index in [-0.39, 0.29) is 47.8 Å². The highest BCUT2D eigenvalue weighted by Crippen LogP contribution is 2.50. The number of aromatic hydroxyl groups is 1. The number of fused-ring (bicyclic) bond motifs is 3. The molecule has 5 amide bonds. The topological polar surface area (TPSA) is 139 Å². The van der Waals surface area contributed by atoms with E-state index < -0.39 is 29.7 Å². The first-order chi connectivity index (χ1) is 27.1. The number of imide groups is 2. The largest absolute Gasteiger partial charge is 0.508 e. The zero-order valence-electron chi connectivity index (χ0n) is 31.0. The van der Waals surface area contributed by atoms with Crippen molar-refractivity contribution in [3.63, 3.8) is 0 Å². The molecule has 6 aliphatic rings. The second kappa shape index (κ2) is 13.2. The molecule has 11 heteroatoms. The van der Waals surface area contributed by atoms with Crippen LogP contribution in [0.2, 0.25) is 0 Å². The molecule has 1 spiro atoms. The van der Waals surface area contributed by atoms with Gasteiger partial charge in [-0.05, 0) is 108 Å². The van der Waals surface area contributed by atoms with E-state index in [4.69, 9.17) is 0 Å². The van der Waals surface area contributed by atoms with Gasteiger partial charge in [-0.25, -0.2) is 0 Å². The lowest BCUT2D eigenvalue weighted by molar-refractivity contribution is -0.151. The van der Waals surface area contributed by atoms with Crippen LogP contribution in [0.25, 0.3) is 0 Å². The zero-order valence-corrected chi connectivity index (χ0v) is 31.0. The van der Waals surface area contributed by atoms with Gasteiger partial charge in [-0.15, -0.1) is 0 Å². The van der Waals surface area contributed by atoms with E-state index in [1.807, 2.05) is 21.9 Å². The van der Waals surface area contributed by atoms with E-state index in [1.165, 1.54) is 22.3 Å². The summed E-state index contributed by atoms with van der Waals surface area (Å²) in [5, 5.41) is 16.2. The van der Waals surface area contributed by atoms with Gasteiger partial charge in [0, 0.05) is 55.7 Å². The SMILES string of the molecule is O=C1CCC(N2C(=O)c3cc4c(cc3C2=O)CN(CC(=O)N2CC3(CC(Nc5ccc([C@@H]6c7ccc(O)cc7CC[C@@H]6c6ccccc6)cc5)C3)C2)C4)C(=O)N1. The summed E-state index contributed by atoms with van der Waals surface area (Å²) in [6.45, 7) is 2.79. The molecule has 3 fully saturated rings. The van der Waals surface area contributed by atoms with Crippen molar-refractivity contribution in [1.82, 2.24) is 20.0 Å². The first-order valence-electron chi connectivity index (χ1n) is 19.7. The number of rotatable bonds is 7. The number of likely N-dealkylation sites (tertiary alicyclic amines) is 1. The molecule has 284 valence electrons. The van der Waals surface area contributed by atoms with E-state index in [0.717, 1.165) is 60.5 Å². The Morgan fingerprint density at radius 2 is 1.48 bits per heavy atom. The smallest absolute Gasteiger partial charge is 0.262 e. The maximum atomic E-state index is 13.4. The first-order valence-corrected chi connectivity index (χ1v) is 19.7. The minimum absolute atomic E-state index is 0.0786. The average Bonchev–Trinajstić information content (AvgIpc) is 3.66. The number of aryl methyl sites for hydroxylation is 1. The molecule has 0 aromatic heterocycles. The van der Waals surface area contributed by atoms with Gasteiger partial charge in [-0.1, -0.05) is 48.5 Å². The van der Waals surface area contributed by atoms with E-state index in [9.17, 15) is 29.1 Å². The normalized spacial score (nSPS) is 24.0. The second-order valence-electron chi connectivity index (χ2n) is 16.8. The van der Waals surface area contributed by atoms with Crippen molar-refractivity contribution in [2.24, 2.45) is 5.41 Å². The zero-order chi connectivity index (χ0) is 38.3. The fraction of sp³-hybridized carbons (Fsp3) is 0.356.